The third kappa shape index (κ3) is 3.88. The Labute approximate surface area is 133 Å². The van der Waals surface area contributed by atoms with Crippen molar-refractivity contribution < 1.29 is 16.8 Å². The van der Waals surface area contributed by atoms with Crippen LogP contribution in [-0.2, 0) is 19.9 Å². The Morgan fingerprint density at radius 3 is 2.36 bits per heavy atom. The van der Waals surface area contributed by atoms with Gasteiger partial charge in [-0.15, -0.1) is 0 Å². The summed E-state index contributed by atoms with van der Waals surface area (Å²) in [5.74, 6) is 0.155. The molecule has 2 rings (SSSR count). The lowest BCUT2D eigenvalue weighted by molar-refractivity contribution is 0.345. The molecule has 1 aromatic carbocycles. The van der Waals surface area contributed by atoms with E-state index in [1.54, 1.807) is 30.3 Å². The number of piperidine rings is 1. The minimum Gasteiger partial charge on any atom is -0.228 e. The Kier molecular flexibility index (Phi) is 5.29. The second-order valence-electron chi connectivity index (χ2n) is 6.16. The van der Waals surface area contributed by atoms with Crippen LogP contribution in [-0.4, -0.2) is 45.2 Å². The molecule has 1 saturated heterocycles. The number of nitrogens with zero attached hydrogens (tertiary/aromatic N) is 1. The Bertz CT molecular complexity index is 696. The summed E-state index contributed by atoms with van der Waals surface area (Å²) < 4.78 is 51.3. The van der Waals surface area contributed by atoms with Crippen molar-refractivity contribution in [2.45, 2.75) is 36.8 Å². The second-order valence-corrected chi connectivity index (χ2v) is 10.4. The average molecular weight is 345 g/mol. The summed E-state index contributed by atoms with van der Waals surface area (Å²) in [6.07, 6.45) is 1.11. The zero-order chi connectivity index (χ0) is 16.4. The van der Waals surface area contributed by atoms with Gasteiger partial charge in [0.15, 0.2) is 9.84 Å². The molecule has 1 aliphatic heterocycles. The maximum atomic E-state index is 12.6. The number of hydrogen-bond donors (Lipinski definition) is 0. The van der Waals surface area contributed by atoms with E-state index in [-0.39, 0.29) is 23.1 Å². The third-order valence-corrected chi connectivity index (χ3v) is 8.21. The van der Waals surface area contributed by atoms with Gasteiger partial charge in [0.2, 0.25) is 10.0 Å². The number of benzene rings is 1. The van der Waals surface area contributed by atoms with E-state index in [9.17, 15) is 16.8 Å². The lowest BCUT2D eigenvalue weighted by Crippen LogP contribution is -2.46. The third-order valence-electron chi connectivity index (χ3n) is 3.80. The van der Waals surface area contributed by atoms with Crippen molar-refractivity contribution in [2.24, 2.45) is 5.92 Å². The molecule has 7 heteroatoms. The van der Waals surface area contributed by atoms with Crippen LogP contribution in [0.2, 0.25) is 0 Å². The summed E-state index contributed by atoms with van der Waals surface area (Å²) in [6, 6.07) is 8.18. The lowest BCUT2D eigenvalue weighted by Gasteiger charge is -2.32. The van der Waals surface area contributed by atoms with Crippen LogP contribution in [0.15, 0.2) is 35.2 Å². The SMILES string of the molecule is CC(C)CS(=O)(=O)[C@@H]1CCCN(S(=O)(=O)c2ccccc2)C1. The molecular formula is C15H23NO4S2. The van der Waals surface area contributed by atoms with Crippen molar-refractivity contribution in [3.05, 3.63) is 30.3 Å². The van der Waals surface area contributed by atoms with Crippen molar-refractivity contribution in [1.82, 2.24) is 4.31 Å². The minimum atomic E-state index is -3.61. The van der Waals surface area contributed by atoms with Crippen LogP contribution in [0.5, 0.6) is 0 Å². The van der Waals surface area contributed by atoms with Crippen LogP contribution in [0.25, 0.3) is 0 Å². The van der Waals surface area contributed by atoms with Gasteiger partial charge in [-0.25, -0.2) is 16.8 Å². The summed E-state index contributed by atoms with van der Waals surface area (Å²) in [7, 11) is -6.88. The molecule has 0 bridgehead atoms. The fourth-order valence-corrected chi connectivity index (χ4v) is 6.53. The van der Waals surface area contributed by atoms with Crippen LogP contribution in [0.1, 0.15) is 26.7 Å². The largest absolute Gasteiger partial charge is 0.243 e. The number of rotatable bonds is 5. The highest BCUT2D eigenvalue weighted by Crippen LogP contribution is 2.24. The van der Waals surface area contributed by atoms with Gasteiger partial charge in [-0.05, 0) is 30.9 Å². The van der Waals surface area contributed by atoms with Crippen LogP contribution in [0.4, 0.5) is 0 Å². The molecule has 0 aliphatic carbocycles. The predicted octanol–water partition coefficient (Wildman–Crippen LogP) is 1.91. The first-order chi connectivity index (χ1) is 10.2. The Morgan fingerprint density at radius 1 is 1.14 bits per heavy atom. The molecule has 1 heterocycles. The van der Waals surface area contributed by atoms with Crippen molar-refractivity contribution >= 4 is 19.9 Å². The van der Waals surface area contributed by atoms with E-state index >= 15 is 0 Å². The van der Waals surface area contributed by atoms with Crippen molar-refractivity contribution in [3.8, 4) is 0 Å². The molecule has 124 valence electrons. The van der Waals surface area contributed by atoms with Crippen LogP contribution >= 0.6 is 0 Å². The van der Waals surface area contributed by atoms with Crippen molar-refractivity contribution in [3.63, 3.8) is 0 Å². The van der Waals surface area contributed by atoms with Gasteiger partial charge in [0, 0.05) is 13.1 Å². The highest BCUT2D eigenvalue weighted by atomic mass is 32.2. The smallest absolute Gasteiger partial charge is 0.228 e. The molecule has 1 aliphatic rings. The van der Waals surface area contributed by atoms with Gasteiger partial charge in [0.05, 0.1) is 15.9 Å². The number of sulfonamides is 1. The first-order valence-corrected chi connectivity index (χ1v) is 10.7. The molecule has 0 unspecified atom stereocenters. The highest BCUT2D eigenvalue weighted by molar-refractivity contribution is 7.92. The van der Waals surface area contributed by atoms with Gasteiger partial charge < -0.3 is 0 Å². The van der Waals surface area contributed by atoms with E-state index in [0.29, 0.717) is 19.4 Å². The molecule has 0 amide bonds. The van der Waals surface area contributed by atoms with Gasteiger partial charge in [-0.1, -0.05) is 32.0 Å². The molecule has 5 nitrogen and oxygen atoms in total. The van der Waals surface area contributed by atoms with E-state index in [0.717, 1.165) is 0 Å². The van der Waals surface area contributed by atoms with E-state index in [4.69, 9.17) is 0 Å². The van der Waals surface area contributed by atoms with E-state index in [1.807, 2.05) is 13.8 Å². The summed E-state index contributed by atoms with van der Waals surface area (Å²) in [6.45, 7) is 4.16. The highest BCUT2D eigenvalue weighted by Gasteiger charge is 2.36. The number of hydrogen-bond acceptors (Lipinski definition) is 4. The zero-order valence-electron chi connectivity index (χ0n) is 13.0. The normalized spacial score (nSPS) is 21.1. The van der Waals surface area contributed by atoms with Crippen LogP contribution in [0.3, 0.4) is 0 Å². The molecule has 0 saturated carbocycles. The maximum Gasteiger partial charge on any atom is 0.243 e. The summed E-state index contributed by atoms with van der Waals surface area (Å²) >= 11 is 0. The van der Waals surface area contributed by atoms with E-state index in [1.165, 1.54) is 4.31 Å². The standard InChI is InChI=1S/C15H23NO4S2/c1-13(2)12-21(17,18)15-9-6-10-16(11-15)22(19,20)14-7-4-3-5-8-14/h3-5,7-8,13,15H,6,9-12H2,1-2H3/t15-/m1/s1. The predicted molar refractivity (Wildman–Crippen MR) is 86.8 cm³/mol. The van der Waals surface area contributed by atoms with Gasteiger partial charge in [-0.3, -0.25) is 0 Å². The van der Waals surface area contributed by atoms with Crippen LogP contribution in [0, 0.1) is 5.92 Å². The monoisotopic (exact) mass is 345 g/mol. The van der Waals surface area contributed by atoms with E-state index in [2.05, 4.69) is 0 Å². The van der Waals surface area contributed by atoms with Crippen molar-refractivity contribution in [1.29, 1.82) is 0 Å². The summed E-state index contributed by atoms with van der Waals surface area (Å²) in [4.78, 5) is 0.219. The fraction of sp³-hybridized carbons (Fsp3) is 0.600. The molecule has 1 fully saturated rings. The molecule has 1 atom stereocenters. The maximum absolute atomic E-state index is 12.6. The Hall–Kier alpha value is -0.920. The van der Waals surface area contributed by atoms with Gasteiger partial charge in [0.1, 0.15) is 0 Å². The number of sulfone groups is 1. The van der Waals surface area contributed by atoms with Gasteiger partial charge in [-0.2, -0.15) is 4.31 Å². The van der Waals surface area contributed by atoms with Crippen molar-refractivity contribution in [2.75, 3.05) is 18.8 Å². The first-order valence-electron chi connectivity index (χ1n) is 7.50. The first kappa shape index (κ1) is 17.4. The lowest BCUT2D eigenvalue weighted by atomic mass is 10.2. The van der Waals surface area contributed by atoms with Gasteiger partial charge in [0.25, 0.3) is 0 Å². The zero-order valence-corrected chi connectivity index (χ0v) is 14.6. The average Bonchev–Trinajstić information content (AvgIpc) is 2.47. The molecule has 22 heavy (non-hydrogen) atoms. The Balaban J connectivity index is 2.21. The summed E-state index contributed by atoms with van der Waals surface area (Å²) in [5.41, 5.74) is 0. The second kappa shape index (κ2) is 6.68. The van der Waals surface area contributed by atoms with Gasteiger partial charge >= 0.3 is 0 Å². The topological polar surface area (TPSA) is 71.5 Å². The Morgan fingerprint density at radius 2 is 1.77 bits per heavy atom. The fourth-order valence-electron chi connectivity index (χ4n) is 2.76. The molecule has 0 N–H and O–H groups in total. The quantitative estimate of drug-likeness (QED) is 0.817. The molecular weight excluding hydrogens is 322 g/mol. The van der Waals surface area contributed by atoms with Crippen LogP contribution < -0.4 is 0 Å². The van der Waals surface area contributed by atoms with E-state index < -0.39 is 25.1 Å². The summed E-state index contributed by atoms with van der Waals surface area (Å²) in [5, 5.41) is -0.595. The minimum absolute atomic E-state index is 0.0473. The molecule has 1 aromatic rings. The molecule has 0 radical (unpaired) electrons. The molecule has 0 spiro atoms. The molecule has 0 aromatic heterocycles.